The molecule has 1 aromatic heterocycles. The SMILES string of the molecule is Cc1ccc(C)c(-c2ccc3c(c2)-c2cccc[n+]2C(C)C3C)c1. The van der Waals surface area contributed by atoms with E-state index in [9.17, 15) is 0 Å². The van der Waals surface area contributed by atoms with Crippen LogP contribution in [0.15, 0.2) is 60.8 Å². The van der Waals surface area contributed by atoms with Crippen molar-refractivity contribution >= 4 is 0 Å². The molecule has 24 heavy (non-hydrogen) atoms. The summed E-state index contributed by atoms with van der Waals surface area (Å²) >= 11 is 0. The zero-order valence-electron chi connectivity index (χ0n) is 14.9. The number of pyridine rings is 1. The predicted molar refractivity (Wildman–Crippen MR) is 100 cm³/mol. The Kier molecular flexibility index (Phi) is 3.53. The van der Waals surface area contributed by atoms with E-state index in [1.54, 1.807) is 0 Å². The molecule has 2 unspecified atom stereocenters. The van der Waals surface area contributed by atoms with E-state index in [0.29, 0.717) is 12.0 Å². The van der Waals surface area contributed by atoms with Gasteiger partial charge in [0, 0.05) is 18.1 Å². The second-order valence-corrected chi connectivity index (χ2v) is 7.14. The Morgan fingerprint density at radius 1 is 0.833 bits per heavy atom. The normalized spacial score (nSPS) is 18.8. The zero-order valence-corrected chi connectivity index (χ0v) is 14.9. The molecule has 1 aliphatic heterocycles. The van der Waals surface area contributed by atoms with Crippen LogP contribution in [0.5, 0.6) is 0 Å². The molecule has 120 valence electrons. The van der Waals surface area contributed by atoms with Crippen molar-refractivity contribution in [2.24, 2.45) is 0 Å². The van der Waals surface area contributed by atoms with E-state index in [2.05, 4.69) is 93.1 Å². The highest BCUT2D eigenvalue weighted by Gasteiger charge is 2.34. The van der Waals surface area contributed by atoms with Gasteiger partial charge in [-0.1, -0.05) is 42.8 Å². The van der Waals surface area contributed by atoms with E-state index in [1.165, 1.54) is 39.1 Å². The van der Waals surface area contributed by atoms with Gasteiger partial charge < -0.3 is 0 Å². The minimum atomic E-state index is 0.486. The van der Waals surface area contributed by atoms with Gasteiger partial charge in [0.25, 0.3) is 0 Å². The maximum Gasteiger partial charge on any atom is 0.213 e. The lowest BCUT2D eigenvalue weighted by Gasteiger charge is -2.26. The molecule has 0 saturated heterocycles. The molecule has 2 atom stereocenters. The molecular weight excluding hydrogens is 290 g/mol. The third-order valence-electron chi connectivity index (χ3n) is 5.58. The summed E-state index contributed by atoms with van der Waals surface area (Å²) < 4.78 is 2.42. The van der Waals surface area contributed by atoms with Gasteiger partial charge in [0.2, 0.25) is 5.69 Å². The monoisotopic (exact) mass is 314 g/mol. The third-order valence-corrected chi connectivity index (χ3v) is 5.58. The van der Waals surface area contributed by atoms with E-state index >= 15 is 0 Å². The highest BCUT2D eigenvalue weighted by atomic mass is 15.0. The number of aryl methyl sites for hydroxylation is 2. The molecule has 1 heteroatoms. The molecule has 0 spiro atoms. The Morgan fingerprint density at radius 3 is 2.50 bits per heavy atom. The summed E-state index contributed by atoms with van der Waals surface area (Å²) in [6.45, 7) is 9.01. The molecule has 2 heterocycles. The topological polar surface area (TPSA) is 3.88 Å². The smallest absolute Gasteiger partial charge is 0.195 e. The highest BCUT2D eigenvalue weighted by Crippen LogP contribution is 2.39. The van der Waals surface area contributed by atoms with Crippen molar-refractivity contribution in [3.05, 3.63) is 77.5 Å². The molecule has 0 aliphatic carbocycles. The van der Waals surface area contributed by atoms with Crippen LogP contribution in [-0.2, 0) is 0 Å². The fourth-order valence-corrected chi connectivity index (χ4v) is 3.93. The Morgan fingerprint density at radius 2 is 1.67 bits per heavy atom. The maximum atomic E-state index is 2.42. The van der Waals surface area contributed by atoms with E-state index < -0.39 is 0 Å². The van der Waals surface area contributed by atoms with Crippen molar-refractivity contribution in [2.75, 3.05) is 0 Å². The molecule has 0 fully saturated rings. The van der Waals surface area contributed by atoms with Crippen molar-refractivity contribution in [3.8, 4) is 22.4 Å². The summed E-state index contributed by atoms with van der Waals surface area (Å²) in [6, 6.07) is 20.7. The van der Waals surface area contributed by atoms with Crippen molar-refractivity contribution in [1.82, 2.24) is 0 Å². The number of nitrogens with zero attached hydrogens (tertiary/aromatic N) is 1. The number of rotatable bonds is 1. The van der Waals surface area contributed by atoms with Crippen molar-refractivity contribution < 1.29 is 4.57 Å². The minimum absolute atomic E-state index is 0.486. The first-order valence-electron chi connectivity index (χ1n) is 8.78. The van der Waals surface area contributed by atoms with Gasteiger partial charge in [-0.15, -0.1) is 0 Å². The average molecular weight is 314 g/mol. The molecule has 2 aromatic carbocycles. The second-order valence-electron chi connectivity index (χ2n) is 7.14. The van der Waals surface area contributed by atoms with Gasteiger partial charge in [0.05, 0.1) is 5.56 Å². The first kappa shape index (κ1) is 15.1. The fraction of sp³-hybridized carbons (Fsp3) is 0.261. The lowest BCUT2D eigenvalue weighted by molar-refractivity contribution is -0.714. The molecule has 0 saturated carbocycles. The minimum Gasteiger partial charge on any atom is -0.195 e. The van der Waals surface area contributed by atoms with Gasteiger partial charge >= 0.3 is 0 Å². The van der Waals surface area contributed by atoms with E-state index in [1.807, 2.05) is 0 Å². The second kappa shape index (κ2) is 5.59. The van der Waals surface area contributed by atoms with Crippen LogP contribution >= 0.6 is 0 Å². The molecule has 1 nitrogen and oxygen atoms in total. The first-order chi connectivity index (χ1) is 11.6. The highest BCUT2D eigenvalue weighted by molar-refractivity contribution is 5.75. The zero-order chi connectivity index (χ0) is 16.8. The summed E-state index contributed by atoms with van der Waals surface area (Å²) in [5.74, 6) is 0.521. The Hall–Kier alpha value is -2.41. The van der Waals surface area contributed by atoms with E-state index in [4.69, 9.17) is 0 Å². The van der Waals surface area contributed by atoms with Crippen LogP contribution < -0.4 is 4.57 Å². The molecule has 0 radical (unpaired) electrons. The average Bonchev–Trinajstić information content (AvgIpc) is 2.61. The van der Waals surface area contributed by atoms with Crippen LogP contribution in [0.3, 0.4) is 0 Å². The van der Waals surface area contributed by atoms with Gasteiger partial charge in [-0.3, -0.25) is 0 Å². The van der Waals surface area contributed by atoms with Gasteiger partial charge in [-0.25, -0.2) is 0 Å². The van der Waals surface area contributed by atoms with Crippen LogP contribution in [-0.4, -0.2) is 0 Å². The number of aromatic nitrogens is 1. The Labute approximate surface area is 144 Å². The van der Waals surface area contributed by atoms with Gasteiger partial charge in [0.15, 0.2) is 12.2 Å². The predicted octanol–water partition coefficient (Wildman–Crippen LogP) is 5.60. The molecule has 4 rings (SSSR count). The van der Waals surface area contributed by atoms with Crippen LogP contribution in [0.2, 0.25) is 0 Å². The summed E-state index contributed by atoms with van der Waals surface area (Å²) in [5, 5.41) is 0. The van der Waals surface area contributed by atoms with Crippen LogP contribution in [0, 0.1) is 13.8 Å². The Balaban J connectivity index is 1.94. The maximum absolute atomic E-state index is 2.42. The fourth-order valence-electron chi connectivity index (χ4n) is 3.93. The number of fused-ring (bicyclic) bond motifs is 3. The van der Waals surface area contributed by atoms with Crippen LogP contribution in [0.1, 0.15) is 42.5 Å². The van der Waals surface area contributed by atoms with Gasteiger partial charge in [-0.05, 0) is 55.2 Å². The van der Waals surface area contributed by atoms with Crippen molar-refractivity contribution in [2.45, 2.75) is 39.7 Å². The first-order valence-corrected chi connectivity index (χ1v) is 8.78. The van der Waals surface area contributed by atoms with Crippen LogP contribution in [0.25, 0.3) is 22.4 Å². The third kappa shape index (κ3) is 2.27. The molecule has 0 N–H and O–H groups in total. The molecule has 3 aromatic rings. The van der Waals surface area contributed by atoms with E-state index in [0.717, 1.165) is 0 Å². The van der Waals surface area contributed by atoms with Gasteiger partial charge in [-0.2, -0.15) is 4.57 Å². The van der Waals surface area contributed by atoms with Crippen molar-refractivity contribution in [1.29, 1.82) is 0 Å². The molecule has 0 amide bonds. The van der Waals surface area contributed by atoms with Gasteiger partial charge in [0.1, 0.15) is 0 Å². The van der Waals surface area contributed by atoms with Crippen LogP contribution in [0.4, 0.5) is 0 Å². The van der Waals surface area contributed by atoms with E-state index in [-0.39, 0.29) is 0 Å². The Bertz CT molecular complexity index is 923. The standard InChI is InChI=1S/C23H24N/c1-15-8-9-16(2)21(13-15)19-10-11-20-17(3)18(4)24-12-6-5-7-23(24)22(20)14-19/h5-14,17-18H,1-4H3/q+1. The quantitative estimate of drug-likeness (QED) is 0.514. The lowest BCUT2D eigenvalue weighted by Crippen LogP contribution is -2.45. The van der Waals surface area contributed by atoms with Crippen molar-refractivity contribution in [3.63, 3.8) is 0 Å². The summed E-state index contributed by atoms with van der Waals surface area (Å²) in [7, 11) is 0. The number of benzene rings is 2. The largest absolute Gasteiger partial charge is 0.213 e. The summed E-state index contributed by atoms with van der Waals surface area (Å²) in [4.78, 5) is 0. The lowest BCUT2D eigenvalue weighted by atomic mass is 9.83. The molecule has 1 aliphatic rings. The number of hydrogen-bond acceptors (Lipinski definition) is 0. The summed E-state index contributed by atoms with van der Waals surface area (Å²) in [6.07, 6.45) is 2.21. The molecule has 0 bridgehead atoms. The summed E-state index contributed by atoms with van der Waals surface area (Å²) in [5.41, 5.74) is 9.45. The number of hydrogen-bond donors (Lipinski definition) is 0. The molecular formula is C23H24N+.